The van der Waals surface area contributed by atoms with Crippen molar-refractivity contribution in [2.75, 3.05) is 11.9 Å². The van der Waals surface area contributed by atoms with Crippen LogP contribution in [0.3, 0.4) is 0 Å². The second kappa shape index (κ2) is 10.3. The molecule has 5 nitrogen and oxygen atoms in total. The van der Waals surface area contributed by atoms with Gasteiger partial charge >= 0.3 is 0 Å². The van der Waals surface area contributed by atoms with Crippen molar-refractivity contribution in [3.05, 3.63) is 96.6 Å². The summed E-state index contributed by atoms with van der Waals surface area (Å²) in [5.74, 6) is 0.788. The van der Waals surface area contributed by atoms with Crippen LogP contribution in [0.2, 0.25) is 0 Å². The smallest absolute Gasteiger partial charge is 0.224 e. The van der Waals surface area contributed by atoms with Crippen molar-refractivity contribution in [2.24, 2.45) is 0 Å². The van der Waals surface area contributed by atoms with Crippen LogP contribution >= 0.6 is 11.3 Å². The maximum atomic E-state index is 12.4. The summed E-state index contributed by atoms with van der Waals surface area (Å²) in [7, 11) is 0. The Morgan fingerprint density at radius 2 is 1.74 bits per heavy atom. The summed E-state index contributed by atoms with van der Waals surface area (Å²) in [6.45, 7) is 0.488. The lowest BCUT2D eigenvalue weighted by Gasteiger charge is -2.09. The normalized spacial score (nSPS) is 10.8. The number of nitrogens with zero attached hydrogens (tertiary/aromatic N) is 2. The first-order valence-electron chi connectivity index (χ1n) is 11.1. The molecule has 0 saturated carbocycles. The highest BCUT2D eigenvalue weighted by Gasteiger charge is 2.09. The van der Waals surface area contributed by atoms with Gasteiger partial charge in [-0.2, -0.15) is 0 Å². The summed E-state index contributed by atoms with van der Waals surface area (Å²) in [5, 5.41) is 8.28. The fourth-order valence-corrected chi connectivity index (χ4v) is 4.53. The molecule has 2 heterocycles. The van der Waals surface area contributed by atoms with Crippen molar-refractivity contribution in [2.45, 2.75) is 12.8 Å². The molecule has 5 rings (SSSR count). The van der Waals surface area contributed by atoms with Crippen molar-refractivity contribution in [3.63, 3.8) is 0 Å². The van der Waals surface area contributed by atoms with E-state index < -0.39 is 0 Å². The number of hydrogen-bond acceptors (Lipinski definition) is 5. The molecule has 34 heavy (non-hydrogen) atoms. The molecule has 0 radical (unpaired) electrons. The van der Waals surface area contributed by atoms with Gasteiger partial charge in [0.1, 0.15) is 10.8 Å². The minimum absolute atomic E-state index is 0.0324. The zero-order valence-electron chi connectivity index (χ0n) is 18.5. The van der Waals surface area contributed by atoms with Gasteiger partial charge in [0.2, 0.25) is 5.91 Å². The fourth-order valence-electron chi connectivity index (χ4n) is 3.69. The highest BCUT2D eigenvalue weighted by molar-refractivity contribution is 7.13. The molecule has 0 aliphatic heterocycles. The molecule has 0 spiro atoms. The van der Waals surface area contributed by atoms with Crippen molar-refractivity contribution in [1.29, 1.82) is 0 Å². The van der Waals surface area contributed by atoms with Gasteiger partial charge in [0.25, 0.3) is 0 Å². The van der Waals surface area contributed by atoms with Gasteiger partial charge in [-0.25, -0.2) is 4.98 Å². The number of nitrogens with one attached hydrogen (secondary N) is 1. The summed E-state index contributed by atoms with van der Waals surface area (Å²) in [6.07, 6.45) is 4.55. The van der Waals surface area contributed by atoms with E-state index in [1.165, 1.54) is 5.39 Å². The summed E-state index contributed by atoms with van der Waals surface area (Å²) in [5.41, 5.74) is 3.66. The second-order valence-electron chi connectivity index (χ2n) is 7.86. The number of pyridine rings is 1. The Hall–Kier alpha value is -4.03. The molecule has 0 aliphatic rings. The zero-order valence-corrected chi connectivity index (χ0v) is 19.3. The Kier molecular flexibility index (Phi) is 6.59. The Balaban J connectivity index is 1.14. The summed E-state index contributed by atoms with van der Waals surface area (Å²) in [6, 6.07) is 25.9. The maximum Gasteiger partial charge on any atom is 0.224 e. The fraction of sp³-hybridized carbons (Fsp3) is 0.107. The molecule has 0 fully saturated rings. The van der Waals surface area contributed by atoms with E-state index in [-0.39, 0.29) is 5.91 Å². The second-order valence-corrected chi connectivity index (χ2v) is 8.72. The first-order valence-corrected chi connectivity index (χ1v) is 12.0. The lowest BCUT2D eigenvalue weighted by molar-refractivity contribution is -0.116. The maximum absolute atomic E-state index is 12.4. The van der Waals surface area contributed by atoms with Crippen LogP contribution in [0, 0.1) is 0 Å². The Bertz CT molecular complexity index is 1420. The molecule has 0 atom stereocenters. The zero-order chi connectivity index (χ0) is 23.2. The standard InChI is InChI=1S/C28H23N3O2S/c32-27(9-4-16-33-25-11-10-20-5-1-2-6-22(20)18-25)30-24-8-3-7-23(17-24)26-19-34-28(31-26)21-12-14-29-15-13-21/h1-3,5-8,10-15,17-19H,4,9,16H2,(H,30,32). The molecule has 3 aromatic carbocycles. The predicted octanol–water partition coefficient (Wildman–Crippen LogP) is 6.82. The number of rotatable bonds is 8. The average Bonchev–Trinajstić information content (AvgIpc) is 3.38. The first kappa shape index (κ1) is 21.8. The van der Waals surface area contributed by atoms with Crippen molar-refractivity contribution < 1.29 is 9.53 Å². The quantitative estimate of drug-likeness (QED) is 0.255. The number of aromatic nitrogens is 2. The first-order chi connectivity index (χ1) is 16.7. The number of anilines is 1. The van der Waals surface area contributed by atoms with E-state index >= 15 is 0 Å². The third-order valence-electron chi connectivity index (χ3n) is 5.41. The lowest BCUT2D eigenvalue weighted by atomic mass is 10.1. The van der Waals surface area contributed by atoms with E-state index in [9.17, 15) is 4.79 Å². The van der Waals surface area contributed by atoms with Crippen LogP contribution < -0.4 is 10.1 Å². The van der Waals surface area contributed by atoms with Gasteiger partial charge in [-0.15, -0.1) is 11.3 Å². The van der Waals surface area contributed by atoms with Crippen LogP contribution in [0.4, 0.5) is 5.69 Å². The summed E-state index contributed by atoms with van der Waals surface area (Å²) < 4.78 is 5.84. The van der Waals surface area contributed by atoms with Gasteiger partial charge in [0, 0.05) is 41.0 Å². The van der Waals surface area contributed by atoms with E-state index in [4.69, 9.17) is 9.72 Å². The molecule has 1 amide bonds. The molecule has 0 unspecified atom stereocenters. The van der Waals surface area contributed by atoms with Crippen LogP contribution in [0.15, 0.2) is 96.6 Å². The van der Waals surface area contributed by atoms with Gasteiger partial charge in [0.15, 0.2) is 0 Å². The minimum Gasteiger partial charge on any atom is -0.494 e. The van der Waals surface area contributed by atoms with E-state index in [1.54, 1.807) is 23.7 Å². The molecule has 6 heteroatoms. The van der Waals surface area contributed by atoms with Crippen molar-refractivity contribution in [1.82, 2.24) is 9.97 Å². The Morgan fingerprint density at radius 1 is 0.882 bits per heavy atom. The number of hydrogen-bond donors (Lipinski definition) is 1. The van der Waals surface area contributed by atoms with Crippen LogP contribution in [0.1, 0.15) is 12.8 Å². The van der Waals surface area contributed by atoms with Gasteiger partial charge in [0.05, 0.1) is 12.3 Å². The highest BCUT2D eigenvalue weighted by atomic mass is 32.1. The SMILES string of the molecule is O=C(CCCOc1ccc2ccccc2c1)Nc1cccc(-c2csc(-c3ccncc3)n2)c1. The largest absolute Gasteiger partial charge is 0.494 e. The van der Waals surface area contributed by atoms with E-state index in [0.717, 1.165) is 38.7 Å². The summed E-state index contributed by atoms with van der Waals surface area (Å²) >= 11 is 1.59. The van der Waals surface area contributed by atoms with E-state index in [0.29, 0.717) is 19.4 Å². The number of thiazole rings is 1. The minimum atomic E-state index is -0.0324. The topological polar surface area (TPSA) is 64.1 Å². The summed E-state index contributed by atoms with van der Waals surface area (Å²) in [4.78, 5) is 21.2. The van der Waals surface area contributed by atoms with Gasteiger partial charge in [-0.1, -0.05) is 42.5 Å². The number of benzene rings is 3. The molecular formula is C28H23N3O2S. The molecule has 168 valence electrons. The third-order valence-corrected chi connectivity index (χ3v) is 6.30. The van der Waals surface area contributed by atoms with E-state index in [1.807, 2.05) is 72.1 Å². The lowest BCUT2D eigenvalue weighted by Crippen LogP contribution is -2.12. The Labute approximate surface area is 202 Å². The van der Waals surface area contributed by atoms with Crippen LogP contribution in [-0.2, 0) is 4.79 Å². The number of carbonyl (C=O) groups is 1. The van der Waals surface area contributed by atoms with Gasteiger partial charge in [-0.3, -0.25) is 9.78 Å². The number of ether oxygens (including phenoxy) is 1. The van der Waals surface area contributed by atoms with Crippen molar-refractivity contribution in [3.8, 4) is 27.6 Å². The predicted molar refractivity (Wildman–Crippen MR) is 138 cm³/mol. The number of fused-ring (bicyclic) bond motifs is 1. The molecule has 0 bridgehead atoms. The average molecular weight is 466 g/mol. The third kappa shape index (κ3) is 5.30. The monoisotopic (exact) mass is 465 g/mol. The molecule has 0 aliphatic carbocycles. The van der Waals surface area contributed by atoms with Gasteiger partial charge in [-0.05, 0) is 53.6 Å². The molecule has 5 aromatic rings. The molecule has 2 aromatic heterocycles. The highest BCUT2D eigenvalue weighted by Crippen LogP contribution is 2.29. The van der Waals surface area contributed by atoms with Crippen molar-refractivity contribution >= 4 is 33.7 Å². The number of carbonyl (C=O) groups excluding carboxylic acids is 1. The van der Waals surface area contributed by atoms with Gasteiger partial charge < -0.3 is 10.1 Å². The van der Waals surface area contributed by atoms with Crippen LogP contribution in [-0.4, -0.2) is 22.5 Å². The molecular weight excluding hydrogens is 442 g/mol. The van der Waals surface area contributed by atoms with Crippen LogP contribution in [0.25, 0.3) is 32.6 Å². The number of amides is 1. The van der Waals surface area contributed by atoms with E-state index in [2.05, 4.69) is 22.4 Å². The Morgan fingerprint density at radius 3 is 2.62 bits per heavy atom. The molecule has 0 saturated heterocycles. The van der Waals surface area contributed by atoms with Crippen LogP contribution in [0.5, 0.6) is 5.75 Å². The molecule has 1 N–H and O–H groups in total.